The number of carbonyl (C=O) groups is 1. The number of carbonyl (C=O) groups excluding carboxylic acids is 1. The summed E-state index contributed by atoms with van der Waals surface area (Å²) in [6.45, 7) is 5.44. The standard InChI is InChI=1S/C21H25F3N4O/c1-3-25-19(29)17-9-5-7-15(11-17)13-27-20(26-4-2)28-14-16-8-6-10-18(12-16)21(22,23)24/h5-12H,3-4,13-14H2,1-2H3,(H,25,29)(H2,26,27,28). The van der Waals surface area contributed by atoms with Gasteiger partial charge in [-0.2, -0.15) is 13.2 Å². The Balaban J connectivity index is 2.05. The van der Waals surface area contributed by atoms with E-state index in [-0.39, 0.29) is 12.5 Å². The average molecular weight is 406 g/mol. The molecule has 2 aromatic rings. The third-order valence-electron chi connectivity index (χ3n) is 4.00. The SMILES string of the molecule is CCNC(=O)c1cccc(CNC(=NCc2cccc(C(F)(F)F)c2)NCC)c1. The van der Waals surface area contributed by atoms with Crippen molar-refractivity contribution in [2.45, 2.75) is 33.1 Å². The quantitative estimate of drug-likeness (QED) is 0.485. The zero-order valence-corrected chi connectivity index (χ0v) is 16.4. The second-order valence-corrected chi connectivity index (χ2v) is 6.31. The number of alkyl halides is 3. The summed E-state index contributed by atoms with van der Waals surface area (Å²) >= 11 is 0. The Morgan fingerprint density at radius 1 is 0.931 bits per heavy atom. The molecule has 1 amide bonds. The maximum absolute atomic E-state index is 12.8. The van der Waals surface area contributed by atoms with Crippen molar-refractivity contribution in [3.8, 4) is 0 Å². The minimum absolute atomic E-state index is 0.109. The highest BCUT2D eigenvalue weighted by molar-refractivity contribution is 5.94. The van der Waals surface area contributed by atoms with Gasteiger partial charge in [0.2, 0.25) is 0 Å². The van der Waals surface area contributed by atoms with Crippen LogP contribution in [0.15, 0.2) is 53.5 Å². The molecule has 29 heavy (non-hydrogen) atoms. The van der Waals surface area contributed by atoms with E-state index < -0.39 is 11.7 Å². The molecule has 2 rings (SSSR count). The fraction of sp³-hybridized carbons (Fsp3) is 0.333. The van der Waals surface area contributed by atoms with E-state index in [1.807, 2.05) is 19.9 Å². The molecule has 3 N–H and O–H groups in total. The van der Waals surface area contributed by atoms with Crippen molar-refractivity contribution in [1.29, 1.82) is 0 Å². The van der Waals surface area contributed by atoms with Crippen LogP contribution in [-0.4, -0.2) is 25.0 Å². The van der Waals surface area contributed by atoms with Crippen molar-refractivity contribution in [2.75, 3.05) is 13.1 Å². The highest BCUT2D eigenvalue weighted by Crippen LogP contribution is 2.29. The molecule has 156 valence electrons. The Kier molecular flexibility index (Phi) is 8.06. The van der Waals surface area contributed by atoms with Crippen molar-refractivity contribution in [3.63, 3.8) is 0 Å². The topological polar surface area (TPSA) is 65.5 Å². The largest absolute Gasteiger partial charge is 0.416 e. The fourth-order valence-corrected chi connectivity index (χ4v) is 2.63. The number of hydrogen-bond acceptors (Lipinski definition) is 2. The van der Waals surface area contributed by atoms with Crippen LogP contribution in [0.4, 0.5) is 13.2 Å². The van der Waals surface area contributed by atoms with Crippen LogP contribution in [0.1, 0.15) is 40.9 Å². The van der Waals surface area contributed by atoms with Gasteiger partial charge in [-0.1, -0.05) is 24.3 Å². The number of guanidine groups is 1. The van der Waals surface area contributed by atoms with Gasteiger partial charge in [-0.25, -0.2) is 4.99 Å². The number of aliphatic imine (C=N–C) groups is 1. The number of benzene rings is 2. The molecule has 0 heterocycles. The van der Waals surface area contributed by atoms with E-state index in [2.05, 4.69) is 20.9 Å². The Labute approximate surface area is 168 Å². The summed E-state index contributed by atoms with van der Waals surface area (Å²) in [5, 5.41) is 8.95. The molecule has 0 unspecified atom stereocenters. The number of halogens is 3. The van der Waals surface area contributed by atoms with E-state index in [1.54, 1.807) is 24.3 Å². The van der Waals surface area contributed by atoms with Crippen LogP contribution in [0.5, 0.6) is 0 Å². The van der Waals surface area contributed by atoms with Crippen LogP contribution in [-0.2, 0) is 19.3 Å². The molecule has 0 fully saturated rings. The van der Waals surface area contributed by atoms with Gasteiger partial charge in [0.05, 0.1) is 12.1 Å². The predicted molar refractivity (Wildman–Crippen MR) is 108 cm³/mol. The van der Waals surface area contributed by atoms with Gasteiger partial charge in [0.1, 0.15) is 0 Å². The summed E-state index contributed by atoms with van der Waals surface area (Å²) in [5.41, 5.74) is 1.23. The molecule has 0 aliphatic rings. The molecule has 0 aromatic heterocycles. The van der Waals surface area contributed by atoms with Gasteiger partial charge in [-0.3, -0.25) is 4.79 Å². The van der Waals surface area contributed by atoms with Gasteiger partial charge in [0, 0.05) is 25.2 Å². The smallest absolute Gasteiger partial charge is 0.357 e. The molecular weight excluding hydrogens is 381 g/mol. The number of nitrogens with one attached hydrogen (secondary N) is 3. The molecule has 0 saturated carbocycles. The number of amides is 1. The molecule has 0 radical (unpaired) electrons. The van der Waals surface area contributed by atoms with Crippen molar-refractivity contribution in [1.82, 2.24) is 16.0 Å². The highest BCUT2D eigenvalue weighted by Gasteiger charge is 2.30. The van der Waals surface area contributed by atoms with Crippen LogP contribution in [0.25, 0.3) is 0 Å². The van der Waals surface area contributed by atoms with Crippen LogP contribution < -0.4 is 16.0 Å². The minimum atomic E-state index is -4.38. The molecule has 0 bridgehead atoms. The summed E-state index contributed by atoms with van der Waals surface area (Å²) in [6, 6.07) is 12.3. The lowest BCUT2D eigenvalue weighted by Gasteiger charge is -2.12. The molecule has 2 aromatic carbocycles. The van der Waals surface area contributed by atoms with Gasteiger partial charge in [0.15, 0.2) is 5.96 Å². The number of rotatable bonds is 7. The van der Waals surface area contributed by atoms with Crippen molar-refractivity contribution in [3.05, 3.63) is 70.8 Å². The predicted octanol–water partition coefficient (Wildman–Crippen LogP) is 3.71. The van der Waals surface area contributed by atoms with Crippen LogP contribution in [0, 0.1) is 0 Å². The van der Waals surface area contributed by atoms with Crippen molar-refractivity contribution < 1.29 is 18.0 Å². The van der Waals surface area contributed by atoms with Gasteiger partial charge < -0.3 is 16.0 Å². The summed E-state index contributed by atoms with van der Waals surface area (Å²) in [4.78, 5) is 16.3. The summed E-state index contributed by atoms with van der Waals surface area (Å²) in [7, 11) is 0. The van der Waals surface area contributed by atoms with Gasteiger partial charge in [-0.05, 0) is 49.2 Å². The normalized spacial score (nSPS) is 11.8. The van der Waals surface area contributed by atoms with Gasteiger partial charge in [0.25, 0.3) is 5.91 Å². The molecule has 0 saturated heterocycles. The second-order valence-electron chi connectivity index (χ2n) is 6.31. The Morgan fingerprint density at radius 2 is 1.62 bits per heavy atom. The first-order chi connectivity index (χ1) is 13.8. The molecule has 0 spiro atoms. The first-order valence-corrected chi connectivity index (χ1v) is 9.39. The molecule has 0 aliphatic carbocycles. The Hall–Kier alpha value is -3.03. The lowest BCUT2D eigenvalue weighted by atomic mass is 10.1. The van der Waals surface area contributed by atoms with E-state index in [1.165, 1.54) is 6.07 Å². The van der Waals surface area contributed by atoms with E-state index in [4.69, 9.17) is 0 Å². The first kappa shape index (κ1) is 22.3. The van der Waals surface area contributed by atoms with E-state index >= 15 is 0 Å². The number of nitrogens with zero attached hydrogens (tertiary/aromatic N) is 1. The van der Waals surface area contributed by atoms with E-state index in [9.17, 15) is 18.0 Å². The summed E-state index contributed by atoms with van der Waals surface area (Å²) < 4.78 is 38.5. The van der Waals surface area contributed by atoms with Crippen LogP contribution in [0.3, 0.4) is 0 Å². The Bertz CT molecular complexity index is 850. The summed E-state index contributed by atoms with van der Waals surface area (Å²) in [6.07, 6.45) is -4.38. The van der Waals surface area contributed by atoms with Crippen molar-refractivity contribution in [2.24, 2.45) is 4.99 Å². The Morgan fingerprint density at radius 3 is 2.31 bits per heavy atom. The lowest BCUT2D eigenvalue weighted by molar-refractivity contribution is -0.137. The average Bonchev–Trinajstić information content (AvgIpc) is 2.70. The molecule has 8 heteroatoms. The highest BCUT2D eigenvalue weighted by atomic mass is 19.4. The van der Waals surface area contributed by atoms with Crippen molar-refractivity contribution >= 4 is 11.9 Å². The number of hydrogen-bond donors (Lipinski definition) is 3. The monoisotopic (exact) mass is 406 g/mol. The minimum Gasteiger partial charge on any atom is -0.357 e. The maximum Gasteiger partial charge on any atom is 0.416 e. The third-order valence-corrected chi connectivity index (χ3v) is 4.00. The van der Waals surface area contributed by atoms with Gasteiger partial charge >= 0.3 is 6.18 Å². The second kappa shape index (κ2) is 10.5. The molecule has 5 nitrogen and oxygen atoms in total. The van der Waals surface area contributed by atoms with E-state index in [0.717, 1.165) is 17.7 Å². The van der Waals surface area contributed by atoms with Crippen LogP contribution >= 0.6 is 0 Å². The molecule has 0 atom stereocenters. The lowest BCUT2D eigenvalue weighted by Crippen LogP contribution is -2.36. The van der Waals surface area contributed by atoms with E-state index in [0.29, 0.717) is 36.7 Å². The van der Waals surface area contributed by atoms with Crippen LogP contribution in [0.2, 0.25) is 0 Å². The maximum atomic E-state index is 12.8. The van der Waals surface area contributed by atoms with Gasteiger partial charge in [-0.15, -0.1) is 0 Å². The summed E-state index contributed by atoms with van der Waals surface area (Å²) in [5.74, 6) is 0.341. The zero-order valence-electron chi connectivity index (χ0n) is 16.4. The molecular formula is C21H25F3N4O. The first-order valence-electron chi connectivity index (χ1n) is 9.39. The third kappa shape index (κ3) is 7.14. The molecule has 0 aliphatic heterocycles. The zero-order chi connectivity index (χ0) is 21.3. The fourth-order valence-electron chi connectivity index (χ4n) is 2.63.